The van der Waals surface area contributed by atoms with E-state index in [9.17, 15) is 4.79 Å². The molecule has 2 N–H and O–H groups in total. The van der Waals surface area contributed by atoms with E-state index in [1.807, 2.05) is 6.07 Å². The number of amides is 1. The Morgan fingerprint density at radius 3 is 2.82 bits per heavy atom. The second-order valence-electron chi connectivity index (χ2n) is 9.27. The zero-order valence-corrected chi connectivity index (χ0v) is 16.7. The lowest BCUT2D eigenvalue weighted by Gasteiger charge is -2.57. The fraction of sp³-hybridized carbons (Fsp3) is 0.696. The molecule has 4 aliphatic rings. The number of carbonyl (C=O) groups is 1. The van der Waals surface area contributed by atoms with E-state index in [1.54, 1.807) is 0 Å². The molecule has 5 rings (SSSR count). The maximum atomic E-state index is 11.9. The van der Waals surface area contributed by atoms with Crippen LogP contribution in [0.1, 0.15) is 53.6 Å². The Balaban J connectivity index is 1.56. The summed E-state index contributed by atoms with van der Waals surface area (Å²) in [6, 6.07) is 6.68. The lowest BCUT2D eigenvalue weighted by molar-refractivity contribution is -0.0416. The molecule has 3 fully saturated rings. The Morgan fingerprint density at radius 1 is 1.18 bits per heavy atom. The van der Waals surface area contributed by atoms with Gasteiger partial charge in [0.05, 0.1) is 19.8 Å². The van der Waals surface area contributed by atoms with Crippen molar-refractivity contribution in [1.82, 2.24) is 4.90 Å². The van der Waals surface area contributed by atoms with Gasteiger partial charge in [-0.05, 0) is 73.7 Å². The number of benzene rings is 1. The van der Waals surface area contributed by atoms with E-state index in [2.05, 4.69) is 17.0 Å². The van der Waals surface area contributed by atoms with Crippen LogP contribution in [0.3, 0.4) is 0 Å². The number of likely N-dealkylation sites (tertiary alicyclic amines) is 1. The number of nitrogens with two attached hydrogens (primary N) is 1. The summed E-state index contributed by atoms with van der Waals surface area (Å²) in [5.74, 6) is 1.05. The van der Waals surface area contributed by atoms with Gasteiger partial charge in [-0.15, -0.1) is 0 Å². The van der Waals surface area contributed by atoms with Gasteiger partial charge in [0, 0.05) is 30.2 Å². The van der Waals surface area contributed by atoms with Gasteiger partial charge in [0.1, 0.15) is 0 Å². The van der Waals surface area contributed by atoms with Crippen molar-refractivity contribution < 1.29 is 14.3 Å². The number of hydrogen-bond donors (Lipinski definition) is 1. The number of nitrogens with zero attached hydrogens (tertiary/aromatic N) is 1. The Bertz CT molecular complexity index is 747. The van der Waals surface area contributed by atoms with Gasteiger partial charge in [-0.25, -0.2) is 0 Å². The highest BCUT2D eigenvalue weighted by molar-refractivity contribution is 5.93. The van der Waals surface area contributed by atoms with Crippen LogP contribution in [-0.2, 0) is 21.3 Å². The van der Waals surface area contributed by atoms with Crippen molar-refractivity contribution in [2.24, 2.45) is 17.6 Å². The molecule has 0 spiro atoms. The summed E-state index contributed by atoms with van der Waals surface area (Å²) in [6.45, 7) is 5.22. The third-order valence-corrected chi connectivity index (χ3v) is 7.87. The Hall–Kier alpha value is -1.43. The first-order chi connectivity index (χ1) is 13.7. The maximum Gasteiger partial charge on any atom is 0.248 e. The zero-order valence-electron chi connectivity index (χ0n) is 16.7. The monoisotopic (exact) mass is 384 g/mol. The average molecular weight is 385 g/mol. The van der Waals surface area contributed by atoms with E-state index in [1.165, 1.54) is 36.9 Å². The first-order valence-electron chi connectivity index (χ1n) is 11.0. The molecule has 1 saturated carbocycles. The molecule has 152 valence electrons. The number of carbonyl (C=O) groups excluding carboxylic acids is 1. The predicted molar refractivity (Wildman–Crippen MR) is 107 cm³/mol. The average Bonchev–Trinajstić information content (AvgIpc) is 2.76. The van der Waals surface area contributed by atoms with Gasteiger partial charge < -0.3 is 15.2 Å². The SMILES string of the molecule is NC(=O)c1ccc2c(c1)[C@]13CCN(CC4CCC4)[C@H](C2)[C@@H]1CCOCCOC3. The number of rotatable bonds is 3. The molecule has 3 atom stereocenters. The first-order valence-corrected chi connectivity index (χ1v) is 11.0. The Morgan fingerprint density at radius 2 is 2.04 bits per heavy atom. The molecule has 1 aromatic carbocycles. The molecule has 5 heteroatoms. The van der Waals surface area contributed by atoms with Crippen LogP contribution in [0.15, 0.2) is 18.2 Å². The van der Waals surface area contributed by atoms with Crippen LogP contribution in [0, 0.1) is 11.8 Å². The van der Waals surface area contributed by atoms with Crippen molar-refractivity contribution in [3.05, 3.63) is 34.9 Å². The van der Waals surface area contributed by atoms with Gasteiger partial charge in [0.2, 0.25) is 5.91 Å². The van der Waals surface area contributed by atoms with Crippen LogP contribution in [0.25, 0.3) is 0 Å². The van der Waals surface area contributed by atoms with E-state index in [0.717, 1.165) is 44.9 Å². The summed E-state index contributed by atoms with van der Waals surface area (Å²) in [5, 5.41) is 0. The van der Waals surface area contributed by atoms with Gasteiger partial charge in [-0.2, -0.15) is 0 Å². The van der Waals surface area contributed by atoms with Crippen LogP contribution in [0.5, 0.6) is 0 Å². The van der Waals surface area contributed by atoms with Crippen molar-refractivity contribution >= 4 is 5.91 Å². The summed E-state index contributed by atoms with van der Waals surface area (Å²) >= 11 is 0. The van der Waals surface area contributed by atoms with Gasteiger partial charge in [-0.1, -0.05) is 12.5 Å². The molecule has 5 nitrogen and oxygen atoms in total. The van der Waals surface area contributed by atoms with E-state index < -0.39 is 0 Å². The second-order valence-corrected chi connectivity index (χ2v) is 9.27. The third-order valence-electron chi connectivity index (χ3n) is 7.87. The summed E-state index contributed by atoms with van der Waals surface area (Å²) in [6.07, 6.45) is 7.41. The highest BCUT2D eigenvalue weighted by Gasteiger charge is 2.53. The molecular formula is C23H32N2O3. The molecule has 0 aromatic heterocycles. The summed E-state index contributed by atoms with van der Waals surface area (Å²) < 4.78 is 12.0. The van der Waals surface area contributed by atoms with E-state index in [4.69, 9.17) is 15.2 Å². The normalized spacial score (nSPS) is 33.6. The molecule has 2 heterocycles. The first kappa shape index (κ1) is 18.6. The molecule has 2 aliphatic heterocycles. The minimum Gasteiger partial charge on any atom is -0.379 e. The fourth-order valence-corrected chi connectivity index (χ4v) is 6.16. The topological polar surface area (TPSA) is 64.8 Å². The molecule has 0 unspecified atom stereocenters. The van der Waals surface area contributed by atoms with Crippen molar-refractivity contribution in [1.29, 1.82) is 0 Å². The molecule has 2 aliphatic carbocycles. The van der Waals surface area contributed by atoms with E-state index in [0.29, 0.717) is 30.7 Å². The highest BCUT2D eigenvalue weighted by Crippen LogP contribution is 2.51. The number of hydrogen-bond acceptors (Lipinski definition) is 4. The minimum absolute atomic E-state index is 0.0203. The van der Waals surface area contributed by atoms with Crippen LogP contribution < -0.4 is 5.73 Å². The van der Waals surface area contributed by atoms with E-state index >= 15 is 0 Å². The molecule has 2 saturated heterocycles. The van der Waals surface area contributed by atoms with Gasteiger partial charge >= 0.3 is 0 Å². The molecule has 1 amide bonds. The lowest BCUT2D eigenvalue weighted by Crippen LogP contribution is -2.62. The van der Waals surface area contributed by atoms with Crippen molar-refractivity contribution in [3.8, 4) is 0 Å². The van der Waals surface area contributed by atoms with Gasteiger partial charge in [-0.3, -0.25) is 9.69 Å². The quantitative estimate of drug-likeness (QED) is 0.870. The van der Waals surface area contributed by atoms with Crippen molar-refractivity contribution in [2.75, 3.05) is 39.5 Å². The standard InChI is InChI=1S/C23H32N2O3/c24-22(26)18-5-4-17-13-21-19-6-9-27-10-11-28-15-23(19,20(17)12-18)7-8-25(21)14-16-2-1-3-16/h4-5,12,16,19,21H,1-3,6-11,13-15H2,(H2,24,26)/t19-,21+,23-/m0/s1. The van der Waals surface area contributed by atoms with Crippen molar-refractivity contribution in [2.45, 2.75) is 50.0 Å². The summed E-state index contributed by atoms with van der Waals surface area (Å²) in [5.41, 5.74) is 8.92. The van der Waals surface area contributed by atoms with Crippen LogP contribution in [0.4, 0.5) is 0 Å². The number of primary amides is 1. The third kappa shape index (κ3) is 3.08. The predicted octanol–water partition coefficient (Wildman–Crippen LogP) is 2.51. The molecule has 28 heavy (non-hydrogen) atoms. The molecular weight excluding hydrogens is 352 g/mol. The number of piperidine rings is 1. The van der Waals surface area contributed by atoms with Crippen LogP contribution in [-0.4, -0.2) is 56.4 Å². The van der Waals surface area contributed by atoms with Crippen LogP contribution in [0.2, 0.25) is 0 Å². The highest BCUT2D eigenvalue weighted by atomic mass is 16.5. The smallest absolute Gasteiger partial charge is 0.248 e. The Kier molecular flexibility index (Phi) is 4.93. The Labute approximate surface area is 167 Å². The molecule has 2 bridgehead atoms. The summed E-state index contributed by atoms with van der Waals surface area (Å²) in [7, 11) is 0. The number of fused-ring (bicyclic) bond motifs is 1. The van der Waals surface area contributed by atoms with Crippen molar-refractivity contribution in [3.63, 3.8) is 0 Å². The molecule has 1 aromatic rings. The number of ether oxygens (including phenoxy) is 2. The fourth-order valence-electron chi connectivity index (χ4n) is 6.16. The molecule has 0 radical (unpaired) electrons. The minimum atomic E-state index is -0.340. The largest absolute Gasteiger partial charge is 0.379 e. The zero-order chi connectivity index (χ0) is 19.1. The second kappa shape index (κ2) is 7.43. The van der Waals surface area contributed by atoms with Gasteiger partial charge in [0.25, 0.3) is 0 Å². The van der Waals surface area contributed by atoms with Gasteiger partial charge in [0.15, 0.2) is 0 Å². The summed E-state index contributed by atoms with van der Waals surface area (Å²) in [4.78, 5) is 14.6. The maximum absolute atomic E-state index is 11.9. The van der Waals surface area contributed by atoms with E-state index in [-0.39, 0.29) is 11.3 Å². The lowest BCUT2D eigenvalue weighted by atomic mass is 9.56. The van der Waals surface area contributed by atoms with Crippen LogP contribution >= 0.6 is 0 Å².